The summed E-state index contributed by atoms with van der Waals surface area (Å²) in [5, 5.41) is 21.6. The third-order valence-electron chi connectivity index (χ3n) is 6.09. The van der Waals surface area contributed by atoms with Gasteiger partial charge in [0, 0.05) is 42.3 Å². The van der Waals surface area contributed by atoms with Gasteiger partial charge in [0.2, 0.25) is 0 Å². The SMILES string of the molecule is COCC1=C(NNC(=O)c2ccncc2)C2(C)C(=CC1=O)Oc1c(C(C)=O)c(O)c(C)c(O)c12. The number of phenolic OH excluding ortho intramolecular Hbond substituents is 2. The maximum Gasteiger partial charge on any atom is 0.269 e. The average Bonchev–Trinajstić information content (AvgIpc) is 3.09. The third kappa shape index (κ3) is 3.30. The van der Waals surface area contributed by atoms with Crippen LogP contribution in [0.1, 0.15) is 45.7 Å². The van der Waals surface area contributed by atoms with E-state index in [1.165, 1.54) is 51.6 Å². The van der Waals surface area contributed by atoms with Crippen LogP contribution in [0.2, 0.25) is 0 Å². The number of aromatic nitrogens is 1. The first kappa shape index (κ1) is 23.0. The van der Waals surface area contributed by atoms with Crippen molar-refractivity contribution in [1.29, 1.82) is 0 Å². The van der Waals surface area contributed by atoms with Gasteiger partial charge in [0.1, 0.15) is 28.6 Å². The van der Waals surface area contributed by atoms with Crippen molar-refractivity contribution in [3.63, 3.8) is 0 Å². The zero-order valence-corrected chi connectivity index (χ0v) is 19.0. The van der Waals surface area contributed by atoms with Gasteiger partial charge in [-0.15, -0.1) is 0 Å². The Labute approximate surface area is 194 Å². The molecule has 176 valence electrons. The van der Waals surface area contributed by atoms with Gasteiger partial charge in [-0.2, -0.15) is 0 Å². The van der Waals surface area contributed by atoms with E-state index < -0.39 is 28.6 Å². The highest BCUT2D eigenvalue weighted by molar-refractivity contribution is 6.08. The highest BCUT2D eigenvalue weighted by Gasteiger charge is 2.53. The normalized spacial score (nSPS) is 18.6. The fourth-order valence-corrected chi connectivity index (χ4v) is 4.29. The minimum atomic E-state index is -1.31. The first-order valence-electron chi connectivity index (χ1n) is 10.4. The van der Waals surface area contributed by atoms with Crippen LogP contribution in [-0.2, 0) is 14.9 Å². The molecule has 2 aliphatic rings. The lowest BCUT2D eigenvalue weighted by atomic mass is 9.72. The van der Waals surface area contributed by atoms with Crippen molar-refractivity contribution in [2.45, 2.75) is 26.2 Å². The van der Waals surface area contributed by atoms with Gasteiger partial charge in [0.05, 0.1) is 23.3 Å². The fourth-order valence-electron chi connectivity index (χ4n) is 4.29. The number of phenols is 2. The first-order valence-corrected chi connectivity index (χ1v) is 10.4. The number of aromatic hydroxyl groups is 2. The molecule has 1 aliphatic heterocycles. The van der Waals surface area contributed by atoms with Crippen LogP contribution in [0.5, 0.6) is 17.2 Å². The van der Waals surface area contributed by atoms with Gasteiger partial charge in [0.15, 0.2) is 11.6 Å². The number of pyridine rings is 1. The maximum atomic E-state index is 12.9. The van der Waals surface area contributed by atoms with Crippen LogP contribution in [0.4, 0.5) is 0 Å². The van der Waals surface area contributed by atoms with Crippen LogP contribution < -0.4 is 15.6 Å². The molecule has 1 atom stereocenters. The lowest BCUT2D eigenvalue weighted by Gasteiger charge is -2.34. The minimum Gasteiger partial charge on any atom is -0.507 e. The summed E-state index contributed by atoms with van der Waals surface area (Å²) in [6, 6.07) is 3.04. The van der Waals surface area contributed by atoms with Gasteiger partial charge >= 0.3 is 0 Å². The minimum absolute atomic E-state index is 0.0481. The van der Waals surface area contributed by atoms with E-state index in [4.69, 9.17) is 9.47 Å². The molecular formula is C24H23N3O7. The summed E-state index contributed by atoms with van der Waals surface area (Å²) in [7, 11) is 1.42. The molecule has 10 nitrogen and oxygen atoms in total. The van der Waals surface area contributed by atoms with E-state index in [1.807, 2.05) is 0 Å². The molecule has 0 saturated carbocycles. The number of rotatable bonds is 6. The van der Waals surface area contributed by atoms with Crippen LogP contribution >= 0.6 is 0 Å². The number of nitrogens with zero attached hydrogens (tertiary/aromatic N) is 1. The molecule has 4 rings (SSSR count). The van der Waals surface area contributed by atoms with Crippen molar-refractivity contribution >= 4 is 17.5 Å². The van der Waals surface area contributed by atoms with Gasteiger partial charge in [-0.1, -0.05) is 0 Å². The molecule has 0 saturated heterocycles. The number of nitrogens with one attached hydrogen (secondary N) is 2. The Morgan fingerprint density at radius 2 is 1.88 bits per heavy atom. The monoisotopic (exact) mass is 465 g/mol. The van der Waals surface area contributed by atoms with E-state index in [9.17, 15) is 24.6 Å². The lowest BCUT2D eigenvalue weighted by molar-refractivity contribution is -0.112. The van der Waals surface area contributed by atoms with Crippen LogP contribution in [0.25, 0.3) is 0 Å². The number of ketones is 2. The summed E-state index contributed by atoms with van der Waals surface area (Å²) in [5.74, 6) is -2.04. The summed E-state index contributed by atoms with van der Waals surface area (Å²) in [6.45, 7) is 4.31. The van der Waals surface area contributed by atoms with Crippen molar-refractivity contribution in [2.24, 2.45) is 0 Å². The van der Waals surface area contributed by atoms with E-state index >= 15 is 0 Å². The maximum absolute atomic E-state index is 12.9. The molecular weight excluding hydrogens is 442 g/mol. The summed E-state index contributed by atoms with van der Waals surface area (Å²) in [4.78, 5) is 41.9. The van der Waals surface area contributed by atoms with Crippen molar-refractivity contribution in [1.82, 2.24) is 15.8 Å². The van der Waals surface area contributed by atoms with Crippen LogP contribution in [0.3, 0.4) is 0 Å². The quantitative estimate of drug-likeness (QED) is 0.371. The molecule has 0 spiro atoms. The van der Waals surface area contributed by atoms with Crippen LogP contribution in [-0.4, -0.2) is 46.4 Å². The molecule has 1 unspecified atom stereocenters. The molecule has 1 aromatic heterocycles. The second kappa shape index (κ2) is 8.31. The Hall–Kier alpha value is -4.18. The Balaban J connectivity index is 1.89. The molecule has 1 aliphatic carbocycles. The largest absolute Gasteiger partial charge is 0.507 e. The van der Waals surface area contributed by atoms with E-state index in [0.29, 0.717) is 5.56 Å². The number of amides is 1. The molecule has 0 bridgehead atoms. The lowest BCUT2D eigenvalue weighted by Crippen LogP contribution is -2.47. The molecule has 0 fully saturated rings. The van der Waals surface area contributed by atoms with Crippen molar-refractivity contribution in [3.8, 4) is 17.2 Å². The predicted molar refractivity (Wildman–Crippen MR) is 119 cm³/mol. The molecule has 2 heterocycles. The van der Waals surface area contributed by atoms with Gasteiger partial charge in [-0.05, 0) is 32.9 Å². The average molecular weight is 465 g/mol. The van der Waals surface area contributed by atoms with E-state index in [-0.39, 0.29) is 51.8 Å². The highest BCUT2D eigenvalue weighted by Crippen LogP contribution is 2.58. The number of hydrogen-bond acceptors (Lipinski definition) is 9. The first-order chi connectivity index (χ1) is 16.1. The van der Waals surface area contributed by atoms with Crippen molar-refractivity contribution < 1.29 is 34.1 Å². The Bertz CT molecular complexity index is 1300. The number of hydrazine groups is 1. The molecule has 1 aromatic carbocycles. The zero-order chi connectivity index (χ0) is 24.8. The Morgan fingerprint density at radius 1 is 1.21 bits per heavy atom. The topological polar surface area (TPSA) is 147 Å². The number of fused-ring (bicyclic) bond motifs is 3. The van der Waals surface area contributed by atoms with Crippen LogP contribution in [0.15, 0.2) is 47.6 Å². The van der Waals surface area contributed by atoms with Gasteiger partial charge < -0.3 is 25.1 Å². The molecule has 0 radical (unpaired) electrons. The van der Waals surface area contributed by atoms with E-state index in [1.54, 1.807) is 6.92 Å². The molecule has 2 aromatic rings. The number of methoxy groups -OCH3 is 1. The third-order valence-corrected chi connectivity index (χ3v) is 6.09. The summed E-state index contributed by atoms with van der Waals surface area (Å²) in [6.07, 6.45) is 4.18. The summed E-state index contributed by atoms with van der Waals surface area (Å²) >= 11 is 0. The number of ether oxygens (including phenoxy) is 2. The highest BCUT2D eigenvalue weighted by atomic mass is 16.5. The summed E-state index contributed by atoms with van der Waals surface area (Å²) < 4.78 is 11.1. The standard InChI is InChI=1S/C24H23N3O7/c1-11-19(30)17(12(2)28)21-18(20(11)31)24(3)16(34-21)9-15(29)14(10-33-4)22(24)26-27-23(32)13-5-7-25-8-6-13/h5-9,26,30-31H,10H2,1-4H3,(H,27,32). The molecule has 1 amide bonds. The fraction of sp³-hybridized carbons (Fsp3) is 0.250. The molecule has 4 N–H and O–H groups in total. The number of allylic oxidation sites excluding steroid dienone is 1. The number of carbonyl (C=O) groups is 3. The molecule has 10 heteroatoms. The van der Waals surface area contributed by atoms with Gasteiger partial charge in [0.25, 0.3) is 5.91 Å². The smallest absolute Gasteiger partial charge is 0.269 e. The molecule has 34 heavy (non-hydrogen) atoms. The number of carbonyl (C=O) groups excluding carboxylic acids is 3. The van der Waals surface area contributed by atoms with Crippen molar-refractivity contribution in [3.05, 3.63) is 69.9 Å². The predicted octanol–water partition coefficient (Wildman–Crippen LogP) is 1.96. The number of hydrogen-bond donors (Lipinski definition) is 4. The van der Waals surface area contributed by atoms with Gasteiger partial charge in [-0.3, -0.25) is 24.8 Å². The number of Topliss-reactive ketones (excluding diaryl/α,β-unsaturated/α-hetero) is 1. The second-order valence-corrected chi connectivity index (χ2v) is 8.16. The van der Waals surface area contributed by atoms with E-state index in [0.717, 1.165) is 0 Å². The van der Waals surface area contributed by atoms with Crippen molar-refractivity contribution in [2.75, 3.05) is 13.7 Å². The zero-order valence-electron chi connectivity index (χ0n) is 19.0. The van der Waals surface area contributed by atoms with Gasteiger partial charge in [-0.25, -0.2) is 0 Å². The van der Waals surface area contributed by atoms with Crippen LogP contribution in [0, 0.1) is 6.92 Å². The number of benzene rings is 1. The second-order valence-electron chi connectivity index (χ2n) is 8.16. The Morgan fingerprint density at radius 3 is 2.50 bits per heavy atom. The van der Waals surface area contributed by atoms with E-state index in [2.05, 4.69) is 15.8 Å². The summed E-state index contributed by atoms with van der Waals surface area (Å²) in [5.41, 5.74) is 4.96. The Kier molecular flexibility index (Phi) is 5.62.